The van der Waals surface area contributed by atoms with Gasteiger partial charge in [0.05, 0.1) is 11.7 Å². The van der Waals surface area contributed by atoms with Crippen molar-refractivity contribution in [1.82, 2.24) is 9.80 Å². The smallest absolute Gasteiger partial charge is 0.131 e. The Morgan fingerprint density at radius 3 is 2.23 bits per heavy atom. The van der Waals surface area contributed by atoms with Crippen molar-refractivity contribution < 1.29 is 13.9 Å². The Kier molecular flexibility index (Phi) is 5.06. The molecule has 0 amide bonds. The van der Waals surface area contributed by atoms with E-state index in [1.165, 1.54) is 43.9 Å². The summed E-state index contributed by atoms with van der Waals surface area (Å²) in [5, 5.41) is 10.2. The van der Waals surface area contributed by atoms with Gasteiger partial charge in [0.25, 0.3) is 0 Å². The summed E-state index contributed by atoms with van der Waals surface area (Å²) in [6.07, 6.45) is 4.14. The van der Waals surface area contributed by atoms with E-state index in [-0.39, 0.29) is 12.1 Å². The van der Waals surface area contributed by atoms with Crippen molar-refractivity contribution in [3.05, 3.63) is 35.4 Å². The van der Waals surface area contributed by atoms with Crippen LogP contribution in [0.1, 0.15) is 37.4 Å². The third-order valence-corrected chi connectivity index (χ3v) is 5.01. The fourth-order valence-corrected chi connectivity index (χ4v) is 3.75. The monoisotopic (exact) mass is 310 g/mol. The maximum Gasteiger partial charge on any atom is 0.131 e. The van der Waals surface area contributed by atoms with Crippen LogP contribution in [0.4, 0.5) is 8.78 Å². The van der Waals surface area contributed by atoms with Gasteiger partial charge in [-0.15, -0.1) is 0 Å². The molecule has 122 valence electrons. The van der Waals surface area contributed by atoms with Crippen LogP contribution >= 0.6 is 0 Å². The van der Waals surface area contributed by atoms with Crippen molar-refractivity contribution in [2.45, 2.75) is 37.8 Å². The van der Waals surface area contributed by atoms with E-state index in [9.17, 15) is 13.9 Å². The highest BCUT2D eigenvalue weighted by Gasteiger charge is 2.28. The number of nitrogens with zero attached hydrogens (tertiary/aromatic N) is 2. The molecule has 2 fully saturated rings. The molecule has 1 unspecified atom stereocenters. The predicted molar refractivity (Wildman–Crippen MR) is 81.6 cm³/mol. The molecule has 5 heteroatoms. The Hall–Kier alpha value is -1.04. The number of aliphatic hydroxyl groups is 1. The van der Waals surface area contributed by atoms with Gasteiger partial charge < -0.3 is 5.11 Å². The predicted octanol–water partition coefficient (Wildman–Crippen LogP) is 2.56. The number of hydrogen-bond donors (Lipinski definition) is 1. The highest BCUT2D eigenvalue weighted by Crippen LogP contribution is 2.25. The number of halogens is 2. The highest BCUT2D eigenvalue weighted by molar-refractivity contribution is 5.22. The first kappa shape index (κ1) is 15.8. The second kappa shape index (κ2) is 7.02. The van der Waals surface area contributed by atoms with E-state index in [2.05, 4.69) is 9.80 Å². The van der Waals surface area contributed by atoms with E-state index in [0.29, 0.717) is 0 Å². The van der Waals surface area contributed by atoms with Gasteiger partial charge in [0.1, 0.15) is 11.6 Å². The molecular formula is C17H24F2N2O. The molecule has 1 saturated carbocycles. The van der Waals surface area contributed by atoms with Crippen LogP contribution in [0.15, 0.2) is 18.2 Å². The van der Waals surface area contributed by atoms with Crippen LogP contribution in [0.25, 0.3) is 0 Å². The fraction of sp³-hybridized carbons (Fsp3) is 0.647. The van der Waals surface area contributed by atoms with Crippen molar-refractivity contribution in [1.29, 1.82) is 0 Å². The van der Waals surface area contributed by atoms with Crippen molar-refractivity contribution in [2.24, 2.45) is 0 Å². The van der Waals surface area contributed by atoms with Crippen molar-refractivity contribution in [2.75, 3.05) is 32.7 Å². The quantitative estimate of drug-likeness (QED) is 0.926. The summed E-state index contributed by atoms with van der Waals surface area (Å²) < 4.78 is 27.4. The number of hydrogen-bond acceptors (Lipinski definition) is 3. The zero-order valence-electron chi connectivity index (χ0n) is 12.8. The lowest BCUT2D eigenvalue weighted by molar-refractivity contribution is 0.0545. The molecule has 0 spiro atoms. The maximum absolute atomic E-state index is 13.7. The topological polar surface area (TPSA) is 26.7 Å². The van der Waals surface area contributed by atoms with Gasteiger partial charge in [0.2, 0.25) is 0 Å². The second-order valence-electron chi connectivity index (χ2n) is 6.43. The summed E-state index contributed by atoms with van der Waals surface area (Å²) in [7, 11) is 0. The molecule has 0 bridgehead atoms. The fourth-order valence-electron chi connectivity index (χ4n) is 3.75. The molecule has 1 aromatic rings. The van der Waals surface area contributed by atoms with Crippen LogP contribution in [-0.4, -0.2) is 53.7 Å². The Morgan fingerprint density at radius 1 is 1.05 bits per heavy atom. The minimum absolute atomic E-state index is 0.208. The van der Waals surface area contributed by atoms with Gasteiger partial charge in [-0.2, -0.15) is 0 Å². The molecule has 22 heavy (non-hydrogen) atoms. The molecule has 1 atom stereocenters. The SMILES string of the molecule is OC(CN1CCN(C2CCCC2)CC1)c1c(F)cccc1F. The molecule has 1 saturated heterocycles. The summed E-state index contributed by atoms with van der Waals surface area (Å²) in [4.78, 5) is 4.63. The molecule has 3 nitrogen and oxygen atoms in total. The highest BCUT2D eigenvalue weighted by atomic mass is 19.1. The average molecular weight is 310 g/mol. The van der Waals surface area contributed by atoms with Gasteiger partial charge in [-0.05, 0) is 25.0 Å². The van der Waals surface area contributed by atoms with Crippen LogP contribution in [0.3, 0.4) is 0 Å². The lowest BCUT2D eigenvalue weighted by atomic mass is 10.1. The first-order valence-corrected chi connectivity index (χ1v) is 8.23. The summed E-state index contributed by atoms with van der Waals surface area (Å²) in [6, 6.07) is 4.43. The summed E-state index contributed by atoms with van der Waals surface area (Å²) in [5.41, 5.74) is -0.208. The van der Waals surface area contributed by atoms with Crippen LogP contribution < -0.4 is 0 Å². The van der Waals surface area contributed by atoms with E-state index >= 15 is 0 Å². The molecule has 1 N–H and O–H groups in total. The lowest BCUT2D eigenvalue weighted by Gasteiger charge is -2.38. The Balaban J connectivity index is 1.54. The van der Waals surface area contributed by atoms with Crippen LogP contribution in [0.2, 0.25) is 0 Å². The standard InChI is InChI=1S/C17H24F2N2O/c18-14-6-3-7-15(19)17(14)16(22)12-20-8-10-21(11-9-20)13-4-1-2-5-13/h3,6-7,13,16,22H,1-2,4-5,8-12H2. The second-order valence-corrected chi connectivity index (χ2v) is 6.43. The Labute approximate surface area is 130 Å². The number of rotatable bonds is 4. The zero-order chi connectivity index (χ0) is 15.5. The third kappa shape index (κ3) is 3.47. The normalized spacial score (nSPS) is 23.0. The van der Waals surface area contributed by atoms with E-state index in [1.807, 2.05) is 0 Å². The molecule has 2 aliphatic rings. The third-order valence-electron chi connectivity index (χ3n) is 5.01. The summed E-state index contributed by atoms with van der Waals surface area (Å²) >= 11 is 0. The van der Waals surface area contributed by atoms with E-state index in [1.54, 1.807) is 0 Å². The molecule has 1 aliphatic carbocycles. The van der Waals surface area contributed by atoms with Gasteiger partial charge in [-0.25, -0.2) is 8.78 Å². The van der Waals surface area contributed by atoms with Crippen molar-refractivity contribution in [3.63, 3.8) is 0 Å². The first-order valence-electron chi connectivity index (χ1n) is 8.23. The molecule has 1 aromatic carbocycles. The van der Waals surface area contributed by atoms with Crippen molar-refractivity contribution in [3.8, 4) is 0 Å². The van der Waals surface area contributed by atoms with Gasteiger partial charge in [0, 0.05) is 38.8 Å². The minimum atomic E-state index is -1.11. The maximum atomic E-state index is 13.7. The van der Waals surface area contributed by atoms with E-state index < -0.39 is 17.7 Å². The summed E-state index contributed by atoms with van der Waals surface area (Å²) in [6.45, 7) is 3.96. The Morgan fingerprint density at radius 2 is 1.64 bits per heavy atom. The van der Waals surface area contributed by atoms with E-state index in [4.69, 9.17) is 0 Å². The largest absolute Gasteiger partial charge is 0.387 e. The molecular weight excluding hydrogens is 286 g/mol. The average Bonchev–Trinajstić information content (AvgIpc) is 3.02. The van der Waals surface area contributed by atoms with Crippen molar-refractivity contribution >= 4 is 0 Å². The molecule has 1 aliphatic heterocycles. The molecule has 0 aromatic heterocycles. The van der Waals surface area contributed by atoms with Gasteiger partial charge >= 0.3 is 0 Å². The van der Waals surface area contributed by atoms with Crippen LogP contribution in [-0.2, 0) is 0 Å². The van der Waals surface area contributed by atoms with Gasteiger partial charge in [0.15, 0.2) is 0 Å². The number of piperazine rings is 1. The molecule has 0 radical (unpaired) electrons. The van der Waals surface area contributed by atoms with E-state index in [0.717, 1.165) is 32.2 Å². The number of benzene rings is 1. The molecule has 1 heterocycles. The van der Waals surface area contributed by atoms with Crippen LogP contribution in [0.5, 0.6) is 0 Å². The Bertz CT molecular complexity index is 477. The van der Waals surface area contributed by atoms with Gasteiger partial charge in [-0.1, -0.05) is 18.9 Å². The van der Waals surface area contributed by atoms with Gasteiger partial charge in [-0.3, -0.25) is 9.80 Å². The minimum Gasteiger partial charge on any atom is -0.387 e. The number of aliphatic hydroxyl groups excluding tert-OH is 1. The number of β-amino-alcohol motifs (C(OH)–C–C–N with tert-alkyl or cyclic N) is 1. The summed E-state index contributed by atoms with van der Waals surface area (Å²) in [5.74, 6) is -1.34. The lowest BCUT2D eigenvalue weighted by Crippen LogP contribution is -2.50. The van der Waals surface area contributed by atoms with Crippen LogP contribution in [0, 0.1) is 11.6 Å². The molecule has 3 rings (SSSR count). The first-order chi connectivity index (χ1) is 10.6. The zero-order valence-corrected chi connectivity index (χ0v) is 12.8.